The lowest BCUT2D eigenvalue weighted by Gasteiger charge is -2.25. The first-order valence-corrected chi connectivity index (χ1v) is 9.61. The molecule has 7 nitrogen and oxygen atoms in total. The van der Waals surface area contributed by atoms with Gasteiger partial charge in [-0.15, -0.1) is 0 Å². The smallest absolute Gasteiger partial charge is 0.240 e. The second kappa shape index (κ2) is 6.41. The second-order valence-electron chi connectivity index (χ2n) is 5.39. The summed E-state index contributed by atoms with van der Waals surface area (Å²) in [6.07, 6.45) is 1.02. The molecule has 0 aromatic heterocycles. The first-order chi connectivity index (χ1) is 9.47. The highest BCUT2D eigenvalue weighted by molar-refractivity contribution is 7.89. The van der Waals surface area contributed by atoms with Gasteiger partial charge >= 0.3 is 0 Å². The first kappa shape index (κ1) is 18.1. The Labute approximate surface area is 126 Å². The largest absolute Gasteiger partial charge is 0.326 e. The summed E-state index contributed by atoms with van der Waals surface area (Å²) in [5.74, 6) is 0. The molecule has 21 heavy (non-hydrogen) atoms. The Morgan fingerprint density at radius 1 is 1.14 bits per heavy atom. The fourth-order valence-corrected chi connectivity index (χ4v) is 4.36. The molecule has 0 atom stereocenters. The van der Waals surface area contributed by atoms with Crippen LogP contribution in [0.4, 0.5) is 0 Å². The quantitative estimate of drug-likeness (QED) is 0.635. The summed E-state index contributed by atoms with van der Waals surface area (Å²) in [6.45, 7) is 3.19. The van der Waals surface area contributed by atoms with Crippen molar-refractivity contribution in [2.75, 3.05) is 12.8 Å². The van der Waals surface area contributed by atoms with Crippen LogP contribution in [-0.4, -0.2) is 35.2 Å². The van der Waals surface area contributed by atoms with Crippen molar-refractivity contribution in [2.45, 2.75) is 30.8 Å². The maximum Gasteiger partial charge on any atom is 0.240 e. The molecule has 0 spiro atoms. The van der Waals surface area contributed by atoms with Crippen LogP contribution < -0.4 is 15.2 Å². The molecule has 0 radical (unpaired) electrons. The normalized spacial score (nSPS) is 13.3. The van der Waals surface area contributed by atoms with Gasteiger partial charge in [0.15, 0.2) is 0 Å². The molecule has 120 valence electrons. The van der Waals surface area contributed by atoms with E-state index in [2.05, 4.69) is 9.44 Å². The third kappa shape index (κ3) is 5.71. The van der Waals surface area contributed by atoms with Crippen molar-refractivity contribution < 1.29 is 16.8 Å². The van der Waals surface area contributed by atoms with E-state index in [0.29, 0.717) is 5.56 Å². The second-order valence-corrected chi connectivity index (χ2v) is 8.88. The van der Waals surface area contributed by atoms with Gasteiger partial charge in [-0.25, -0.2) is 26.3 Å². The van der Waals surface area contributed by atoms with E-state index in [1.807, 2.05) is 0 Å². The Hall–Kier alpha value is -1.00. The predicted octanol–water partition coefficient (Wildman–Crippen LogP) is -0.249. The number of nitrogens with two attached hydrogens (primary N) is 1. The van der Waals surface area contributed by atoms with E-state index in [1.165, 1.54) is 6.07 Å². The van der Waals surface area contributed by atoms with Crippen LogP contribution in [0.25, 0.3) is 0 Å². The summed E-state index contributed by atoms with van der Waals surface area (Å²) in [6, 6.07) is 6.40. The molecule has 1 aromatic carbocycles. The molecule has 0 saturated carbocycles. The van der Waals surface area contributed by atoms with Crippen molar-refractivity contribution >= 4 is 20.0 Å². The SMILES string of the molecule is CC(C)(CNS(=O)(=O)c1ccccc1CN)NS(C)(=O)=O. The van der Waals surface area contributed by atoms with Crippen LogP contribution in [0.2, 0.25) is 0 Å². The molecule has 0 bridgehead atoms. The summed E-state index contributed by atoms with van der Waals surface area (Å²) in [7, 11) is -7.19. The molecular formula is C12H21N3O4S2. The third-order valence-corrected chi connectivity index (χ3v) is 5.07. The predicted molar refractivity (Wildman–Crippen MR) is 81.6 cm³/mol. The lowest BCUT2D eigenvalue weighted by Crippen LogP contribution is -2.51. The molecule has 1 aromatic rings. The molecule has 9 heteroatoms. The van der Waals surface area contributed by atoms with Gasteiger partial charge in [0.05, 0.1) is 11.2 Å². The molecular weight excluding hydrogens is 314 g/mol. The van der Waals surface area contributed by atoms with E-state index in [0.717, 1.165) is 6.26 Å². The number of sulfonamides is 2. The molecule has 0 saturated heterocycles. The van der Waals surface area contributed by atoms with Gasteiger partial charge in [-0.1, -0.05) is 18.2 Å². The minimum atomic E-state index is -3.76. The van der Waals surface area contributed by atoms with E-state index in [-0.39, 0.29) is 18.0 Å². The fourth-order valence-electron chi connectivity index (χ4n) is 1.83. The molecule has 0 aliphatic carbocycles. The molecule has 0 unspecified atom stereocenters. The number of hydrogen-bond donors (Lipinski definition) is 3. The van der Waals surface area contributed by atoms with Gasteiger partial charge in [0, 0.05) is 18.6 Å². The van der Waals surface area contributed by atoms with E-state index in [1.54, 1.807) is 32.0 Å². The standard InChI is InChI=1S/C12H21N3O4S2/c1-12(2,15-20(3,16)17)9-14-21(18,19)11-7-5-4-6-10(11)8-13/h4-7,14-15H,8-9,13H2,1-3H3. The van der Waals surface area contributed by atoms with Gasteiger partial charge in [-0.3, -0.25) is 0 Å². The maximum atomic E-state index is 12.3. The molecule has 0 aliphatic heterocycles. The molecule has 0 fully saturated rings. The number of benzene rings is 1. The summed E-state index contributed by atoms with van der Waals surface area (Å²) >= 11 is 0. The van der Waals surface area contributed by atoms with E-state index in [4.69, 9.17) is 5.73 Å². The van der Waals surface area contributed by atoms with Crippen molar-refractivity contribution in [3.8, 4) is 0 Å². The molecule has 0 amide bonds. The Balaban J connectivity index is 2.92. The van der Waals surface area contributed by atoms with Crippen LogP contribution in [0.15, 0.2) is 29.2 Å². The van der Waals surface area contributed by atoms with Gasteiger partial charge < -0.3 is 5.73 Å². The van der Waals surface area contributed by atoms with Crippen molar-refractivity contribution in [1.29, 1.82) is 0 Å². The first-order valence-electron chi connectivity index (χ1n) is 6.23. The zero-order chi connectivity index (χ0) is 16.3. The lowest BCUT2D eigenvalue weighted by molar-refractivity contribution is 0.446. The monoisotopic (exact) mass is 335 g/mol. The highest BCUT2D eigenvalue weighted by atomic mass is 32.2. The average Bonchev–Trinajstić information content (AvgIpc) is 2.34. The molecule has 0 heterocycles. The Kier molecular flexibility index (Phi) is 5.51. The highest BCUT2D eigenvalue weighted by Crippen LogP contribution is 2.15. The minimum absolute atomic E-state index is 0.0820. The molecule has 1 rings (SSSR count). The Morgan fingerprint density at radius 2 is 1.71 bits per heavy atom. The Bertz CT molecular complexity index is 697. The van der Waals surface area contributed by atoms with Gasteiger partial charge in [-0.05, 0) is 25.5 Å². The van der Waals surface area contributed by atoms with E-state index >= 15 is 0 Å². The number of nitrogens with one attached hydrogen (secondary N) is 2. The summed E-state index contributed by atoms with van der Waals surface area (Å²) in [5, 5.41) is 0. The van der Waals surface area contributed by atoms with Crippen molar-refractivity contribution in [3.05, 3.63) is 29.8 Å². The van der Waals surface area contributed by atoms with Crippen LogP contribution in [0.3, 0.4) is 0 Å². The van der Waals surface area contributed by atoms with Crippen LogP contribution in [0.1, 0.15) is 19.4 Å². The number of rotatable bonds is 7. The van der Waals surface area contributed by atoms with Crippen LogP contribution in [0.5, 0.6) is 0 Å². The van der Waals surface area contributed by atoms with Gasteiger partial charge in [0.25, 0.3) is 0 Å². The minimum Gasteiger partial charge on any atom is -0.326 e. The zero-order valence-corrected chi connectivity index (χ0v) is 13.9. The van der Waals surface area contributed by atoms with E-state index < -0.39 is 25.6 Å². The van der Waals surface area contributed by atoms with Crippen molar-refractivity contribution in [3.63, 3.8) is 0 Å². The Morgan fingerprint density at radius 3 is 2.24 bits per heavy atom. The van der Waals surface area contributed by atoms with Crippen molar-refractivity contribution in [1.82, 2.24) is 9.44 Å². The lowest BCUT2D eigenvalue weighted by atomic mass is 10.1. The van der Waals surface area contributed by atoms with Crippen LogP contribution >= 0.6 is 0 Å². The van der Waals surface area contributed by atoms with Gasteiger partial charge in [-0.2, -0.15) is 0 Å². The van der Waals surface area contributed by atoms with Gasteiger partial charge in [0.1, 0.15) is 0 Å². The summed E-state index contributed by atoms with van der Waals surface area (Å²) in [4.78, 5) is 0.0997. The highest BCUT2D eigenvalue weighted by Gasteiger charge is 2.26. The molecule has 4 N–H and O–H groups in total. The van der Waals surface area contributed by atoms with Crippen LogP contribution in [0, 0.1) is 0 Å². The number of hydrogen-bond acceptors (Lipinski definition) is 5. The topological polar surface area (TPSA) is 118 Å². The van der Waals surface area contributed by atoms with Gasteiger partial charge in [0.2, 0.25) is 20.0 Å². The fraction of sp³-hybridized carbons (Fsp3) is 0.500. The van der Waals surface area contributed by atoms with Crippen LogP contribution in [-0.2, 0) is 26.6 Å². The van der Waals surface area contributed by atoms with Crippen molar-refractivity contribution in [2.24, 2.45) is 5.73 Å². The maximum absolute atomic E-state index is 12.3. The zero-order valence-electron chi connectivity index (χ0n) is 12.3. The average molecular weight is 335 g/mol. The summed E-state index contributed by atoms with van der Waals surface area (Å²) in [5.41, 5.74) is 5.08. The third-order valence-electron chi connectivity index (χ3n) is 2.65. The summed E-state index contributed by atoms with van der Waals surface area (Å²) < 4.78 is 51.8. The van der Waals surface area contributed by atoms with E-state index in [9.17, 15) is 16.8 Å². The molecule has 0 aliphatic rings.